The zero-order valence-corrected chi connectivity index (χ0v) is 12.8. The lowest BCUT2D eigenvalue weighted by Gasteiger charge is -2.10. The molecule has 1 aromatic heterocycles. The van der Waals surface area contributed by atoms with Gasteiger partial charge in [-0.25, -0.2) is 14.4 Å². The summed E-state index contributed by atoms with van der Waals surface area (Å²) in [5.41, 5.74) is 1.02. The number of methoxy groups -OCH3 is 2. The second kappa shape index (κ2) is 6.78. The van der Waals surface area contributed by atoms with Crippen molar-refractivity contribution in [1.82, 2.24) is 0 Å². The summed E-state index contributed by atoms with van der Waals surface area (Å²) in [5.74, 6) is -1.44. The second-order valence-electron chi connectivity index (χ2n) is 4.66. The number of benzene rings is 1. The van der Waals surface area contributed by atoms with Gasteiger partial charge in [-0.05, 0) is 24.6 Å². The highest BCUT2D eigenvalue weighted by molar-refractivity contribution is 5.99. The van der Waals surface area contributed by atoms with Crippen LogP contribution in [-0.4, -0.2) is 26.2 Å². The molecule has 2 rings (SSSR count). The molecule has 1 aromatic carbocycles. The van der Waals surface area contributed by atoms with E-state index in [1.807, 2.05) is 0 Å². The zero-order valence-electron chi connectivity index (χ0n) is 12.8. The van der Waals surface area contributed by atoms with E-state index in [0.717, 1.165) is 17.0 Å². The van der Waals surface area contributed by atoms with E-state index in [9.17, 15) is 14.4 Å². The number of fused-ring (bicyclic) bond motifs is 1. The molecule has 0 fully saturated rings. The lowest BCUT2D eigenvalue weighted by molar-refractivity contribution is -0.138. The van der Waals surface area contributed by atoms with Gasteiger partial charge >= 0.3 is 17.6 Å². The highest BCUT2D eigenvalue weighted by Gasteiger charge is 2.13. The summed E-state index contributed by atoms with van der Waals surface area (Å²) in [6.07, 6.45) is 0.975. The maximum atomic E-state index is 11.7. The van der Waals surface area contributed by atoms with E-state index in [0.29, 0.717) is 11.3 Å². The maximum Gasteiger partial charge on any atom is 0.354 e. The summed E-state index contributed by atoms with van der Waals surface area (Å²) in [6, 6.07) is 6.37. The van der Waals surface area contributed by atoms with E-state index < -0.39 is 17.6 Å². The Bertz CT molecular complexity index is 849. The Hall–Kier alpha value is -3.09. The van der Waals surface area contributed by atoms with Crippen molar-refractivity contribution in [3.05, 3.63) is 52.0 Å². The van der Waals surface area contributed by atoms with Gasteiger partial charge < -0.3 is 19.2 Å². The van der Waals surface area contributed by atoms with Gasteiger partial charge in [-0.1, -0.05) is 0 Å². The van der Waals surface area contributed by atoms with Crippen LogP contribution >= 0.6 is 0 Å². The van der Waals surface area contributed by atoms with Gasteiger partial charge in [0.15, 0.2) is 0 Å². The van der Waals surface area contributed by atoms with Gasteiger partial charge in [-0.2, -0.15) is 0 Å². The van der Waals surface area contributed by atoms with Gasteiger partial charge in [0, 0.05) is 23.2 Å². The molecule has 0 aliphatic heterocycles. The summed E-state index contributed by atoms with van der Waals surface area (Å²) >= 11 is 0. The summed E-state index contributed by atoms with van der Waals surface area (Å²) in [5, 5.41) is 3.52. The average molecular weight is 317 g/mol. The largest absolute Gasteiger partial charge is 0.466 e. The van der Waals surface area contributed by atoms with Crippen molar-refractivity contribution in [1.29, 1.82) is 0 Å². The third kappa shape index (κ3) is 3.76. The monoisotopic (exact) mass is 317 g/mol. The molecule has 7 nitrogen and oxygen atoms in total. The van der Waals surface area contributed by atoms with Gasteiger partial charge in [-0.15, -0.1) is 0 Å². The van der Waals surface area contributed by atoms with Gasteiger partial charge in [0.05, 0.1) is 20.3 Å². The molecular weight excluding hydrogens is 302 g/mol. The molecule has 0 saturated carbocycles. The topological polar surface area (TPSA) is 94.8 Å². The molecular formula is C16H15NO6. The first-order valence-electron chi connectivity index (χ1n) is 6.64. The van der Waals surface area contributed by atoms with E-state index in [1.54, 1.807) is 25.1 Å². The molecule has 7 heteroatoms. The Morgan fingerprint density at radius 3 is 2.57 bits per heavy atom. The maximum absolute atomic E-state index is 11.7. The first-order valence-corrected chi connectivity index (χ1v) is 6.64. The molecule has 0 aliphatic rings. The third-order valence-electron chi connectivity index (χ3n) is 3.10. The molecule has 2 aromatic rings. The van der Waals surface area contributed by atoms with Crippen molar-refractivity contribution in [2.45, 2.75) is 6.92 Å². The molecule has 1 N–H and O–H groups in total. The molecule has 0 saturated heterocycles. The Kier molecular flexibility index (Phi) is 4.80. The predicted octanol–water partition coefficient (Wildman–Crippen LogP) is 1.74. The van der Waals surface area contributed by atoms with E-state index in [2.05, 4.69) is 14.8 Å². The first kappa shape index (κ1) is 16.3. The quantitative estimate of drug-likeness (QED) is 0.521. The normalized spacial score (nSPS) is 11.2. The molecule has 0 radical (unpaired) electrons. The van der Waals surface area contributed by atoms with E-state index in [1.165, 1.54) is 20.3 Å². The number of hydrogen-bond donors (Lipinski definition) is 1. The molecule has 0 atom stereocenters. The Morgan fingerprint density at radius 2 is 1.91 bits per heavy atom. The third-order valence-corrected chi connectivity index (χ3v) is 3.10. The summed E-state index contributed by atoms with van der Waals surface area (Å²) < 4.78 is 14.2. The van der Waals surface area contributed by atoms with Crippen LogP contribution in [0.4, 0.5) is 5.69 Å². The minimum absolute atomic E-state index is 0.103. The number of hydrogen-bond acceptors (Lipinski definition) is 7. The van der Waals surface area contributed by atoms with Crippen LogP contribution in [0.1, 0.15) is 5.56 Å². The Morgan fingerprint density at radius 1 is 1.17 bits per heavy atom. The minimum Gasteiger partial charge on any atom is -0.466 e. The SMILES string of the molecule is COC(=O)/C=C(/Nc1ccc2c(C)cc(=O)oc2c1)C(=O)OC. The fourth-order valence-electron chi connectivity index (χ4n) is 1.99. The van der Waals surface area contributed by atoms with Gasteiger partial charge in [0.2, 0.25) is 0 Å². The number of carbonyl (C=O) groups excluding carboxylic acids is 2. The van der Waals surface area contributed by atoms with Crippen molar-refractivity contribution in [2.75, 3.05) is 19.5 Å². The molecule has 0 spiro atoms. The van der Waals surface area contributed by atoms with E-state index >= 15 is 0 Å². The van der Waals surface area contributed by atoms with Crippen molar-refractivity contribution in [3.63, 3.8) is 0 Å². The van der Waals surface area contributed by atoms with Crippen molar-refractivity contribution >= 4 is 28.6 Å². The fourth-order valence-corrected chi connectivity index (χ4v) is 1.99. The van der Waals surface area contributed by atoms with Crippen LogP contribution in [0.5, 0.6) is 0 Å². The van der Waals surface area contributed by atoms with Crippen LogP contribution in [0.2, 0.25) is 0 Å². The van der Waals surface area contributed by atoms with Crippen molar-refractivity contribution < 1.29 is 23.5 Å². The van der Waals surface area contributed by atoms with Gasteiger partial charge in [0.25, 0.3) is 0 Å². The summed E-state index contributed by atoms with van der Waals surface area (Å²) in [7, 11) is 2.39. The van der Waals surface area contributed by atoms with E-state index in [-0.39, 0.29) is 5.70 Å². The Labute approximate surface area is 131 Å². The summed E-state index contributed by atoms with van der Waals surface area (Å²) in [4.78, 5) is 34.5. The smallest absolute Gasteiger partial charge is 0.354 e. The lowest BCUT2D eigenvalue weighted by atomic mass is 10.1. The molecule has 0 amide bonds. The number of aryl methyl sites for hydroxylation is 1. The molecule has 0 bridgehead atoms. The van der Waals surface area contributed by atoms with E-state index in [4.69, 9.17) is 4.42 Å². The van der Waals surface area contributed by atoms with Gasteiger partial charge in [-0.3, -0.25) is 0 Å². The first-order chi connectivity index (χ1) is 10.9. The average Bonchev–Trinajstić information content (AvgIpc) is 2.52. The van der Waals surface area contributed by atoms with Crippen molar-refractivity contribution in [3.8, 4) is 0 Å². The van der Waals surface area contributed by atoms with Crippen LogP contribution in [0, 0.1) is 6.92 Å². The minimum atomic E-state index is -0.735. The Balaban J connectivity index is 2.42. The van der Waals surface area contributed by atoms with Gasteiger partial charge in [0.1, 0.15) is 11.3 Å². The number of nitrogens with one attached hydrogen (secondary N) is 1. The fraction of sp³-hybridized carbons (Fsp3) is 0.188. The van der Waals surface area contributed by atoms with Crippen LogP contribution < -0.4 is 10.9 Å². The number of carbonyl (C=O) groups is 2. The summed E-state index contributed by atoms with van der Waals surface area (Å²) in [6.45, 7) is 1.80. The van der Waals surface area contributed by atoms with Crippen LogP contribution in [0.25, 0.3) is 11.0 Å². The van der Waals surface area contributed by atoms with Crippen LogP contribution in [0.3, 0.4) is 0 Å². The van der Waals surface area contributed by atoms with Crippen LogP contribution in [-0.2, 0) is 19.1 Å². The van der Waals surface area contributed by atoms with Crippen LogP contribution in [0.15, 0.2) is 45.3 Å². The molecule has 120 valence electrons. The second-order valence-corrected chi connectivity index (χ2v) is 4.66. The highest BCUT2D eigenvalue weighted by atomic mass is 16.5. The number of ether oxygens (including phenoxy) is 2. The lowest BCUT2D eigenvalue weighted by Crippen LogP contribution is -2.15. The number of esters is 2. The molecule has 1 heterocycles. The molecule has 23 heavy (non-hydrogen) atoms. The molecule has 0 aliphatic carbocycles. The standard InChI is InChI=1S/C16H15NO6/c1-9-6-15(19)23-13-7-10(4-5-11(9)13)17-12(16(20)22-3)8-14(18)21-2/h4-8,17H,1-3H3/b12-8+. The molecule has 0 unspecified atom stereocenters. The highest BCUT2D eigenvalue weighted by Crippen LogP contribution is 2.21. The van der Waals surface area contributed by atoms with Crippen molar-refractivity contribution in [2.24, 2.45) is 0 Å². The predicted molar refractivity (Wildman–Crippen MR) is 83.0 cm³/mol. The zero-order chi connectivity index (χ0) is 17.0. The number of anilines is 1. The number of rotatable bonds is 4.